The van der Waals surface area contributed by atoms with E-state index < -0.39 is 0 Å². The lowest BCUT2D eigenvalue weighted by Gasteiger charge is -2.21. The standard InChI is InChI=1S/C20H26N6O/c1-13(2)16(21)10-12-25(4)20(27)19-14(3)26(24-23-19)18-9-5-8-17-15(18)7-6-11-22-17/h5-9,11,13,16H,10,12,21H2,1-4H3. The van der Waals surface area contributed by atoms with E-state index in [1.54, 1.807) is 22.8 Å². The number of fused-ring (bicyclic) bond motifs is 1. The van der Waals surface area contributed by atoms with Gasteiger partial charge >= 0.3 is 0 Å². The zero-order chi connectivity index (χ0) is 19.6. The molecule has 1 aromatic carbocycles. The molecule has 2 heterocycles. The maximum absolute atomic E-state index is 12.8. The van der Waals surface area contributed by atoms with Gasteiger partial charge < -0.3 is 10.6 Å². The Morgan fingerprint density at radius 2 is 2.04 bits per heavy atom. The summed E-state index contributed by atoms with van der Waals surface area (Å²) in [5, 5.41) is 9.34. The summed E-state index contributed by atoms with van der Waals surface area (Å²) in [6.45, 7) is 6.61. The molecule has 0 saturated heterocycles. The highest BCUT2D eigenvalue weighted by Crippen LogP contribution is 2.22. The van der Waals surface area contributed by atoms with Gasteiger partial charge in [0.15, 0.2) is 5.69 Å². The molecular formula is C20H26N6O. The Bertz CT molecular complexity index is 943. The van der Waals surface area contributed by atoms with E-state index in [4.69, 9.17) is 5.73 Å². The molecule has 1 amide bonds. The summed E-state index contributed by atoms with van der Waals surface area (Å²) >= 11 is 0. The monoisotopic (exact) mass is 366 g/mol. The third kappa shape index (κ3) is 3.83. The van der Waals surface area contributed by atoms with Crippen LogP contribution in [-0.4, -0.2) is 50.4 Å². The smallest absolute Gasteiger partial charge is 0.276 e. The highest BCUT2D eigenvalue weighted by atomic mass is 16.2. The Morgan fingerprint density at radius 1 is 1.26 bits per heavy atom. The van der Waals surface area contributed by atoms with Crippen molar-refractivity contribution >= 4 is 16.8 Å². The maximum Gasteiger partial charge on any atom is 0.276 e. The van der Waals surface area contributed by atoms with Crippen LogP contribution < -0.4 is 5.73 Å². The van der Waals surface area contributed by atoms with Crippen molar-refractivity contribution in [1.82, 2.24) is 24.9 Å². The number of pyridine rings is 1. The second-order valence-electron chi connectivity index (χ2n) is 7.21. The number of carbonyl (C=O) groups is 1. The van der Waals surface area contributed by atoms with Crippen LogP contribution in [0.1, 0.15) is 36.5 Å². The van der Waals surface area contributed by atoms with Crippen LogP contribution in [0.5, 0.6) is 0 Å². The van der Waals surface area contributed by atoms with Gasteiger partial charge in [-0.2, -0.15) is 0 Å². The molecule has 0 aliphatic heterocycles. The van der Waals surface area contributed by atoms with Crippen molar-refractivity contribution in [2.45, 2.75) is 33.2 Å². The molecular weight excluding hydrogens is 340 g/mol. The first-order chi connectivity index (χ1) is 12.9. The molecule has 3 rings (SSSR count). The normalized spacial score (nSPS) is 12.5. The van der Waals surface area contributed by atoms with Crippen molar-refractivity contribution in [3.8, 4) is 5.69 Å². The predicted molar refractivity (Wildman–Crippen MR) is 106 cm³/mol. The van der Waals surface area contributed by atoms with Gasteiger partial charge in [-0.3, -0.25) is 9.78 Å². The van der Waals surface area contributed by atoms with E-state index in [-0.39, 0.29) is 11.9 Å². The van der Waals surface area contributed by atoms with Crippen LogP contribution in [0, 0.1) is 12.8 Å². The molecule has 1 unspecified atom stereocenters. The van der Waals surface area contributed by atoms with Crippen molar-refractivity contribution in [2.75, 3.05) is 13.6 Å². The largest absolute Gasteiger partial charge is 0.340 e. The number of nitrogens with zero attached hydrogens (tertiary/aromatic N) is 5. The molecule has 0 radical (unpaired) electrons. The average molecular weight is 366 g/mol. The number of benzene rings is 1. The van der Waals surface area contributed by atoms with Crippen LogP contribution in [0.3, 0.4) is 0 Å². The number of aromatic nitrogens is 4. The fourth-order valence-corrected chi connectivity index (χ4v) is 2.99. The Hall–Kier alpha value is -2.80. The van der Waals surface area contributed by atoms with Gasteiger partial charge in [-0.05, 0) is 43.5 Å². The molecule has 2 N–H and O–H groups in total. The Labute approximate surface area is 159 Å². The van der Waals surface area contributed by atoms with Crippen LogP contribution in [0.15, 0.2) is 36.5 Å². The second-order valence-corrected chi connectivity index (χ2v) is 7.21. The minimum Gasteiger partial charge on any atom is -0.340 e. The first kappa shape index (κ1) is 19.0. The fourth-order valence-electron chi connectivity index (χ4n) is 2.99. The quantitative estimate of drug-likeness (QED) is 0.724. The number of rotatable bonds is 6. The van der Waals surface area contributed by atoms with Gasteiger partial charge in [0.25, 0.3) is 5.91 Å². The summed E-state index contributed by atoms with van der Waals surface area (Å²) in [6, 6.07) is 9.76. The van der Waals surface area contributed by atoms with Gasteiger partial charge in [-0.25, -0.2) is 4.68 Å². The minimum absolute atomic E-state index is 0.0696. The van der Waals surface area contributed by atoms with Gasteiger partial charge in [0.1, 0.15) is 0 Å². The number of hydrogen-bond acceptors (Lipinski definition) is 5. The summed E-state index contributed by atoms with van der Waals surface area (Å²) in [4.78, 5) is 18.8. The molecule has 0 bridgehead atoms. The van der Waals surface area contributed by atoms with Crippen molar-refractivity contribution in [3.05, 3.63) is 47.9 Å². The van der Waals surface area contributed by atoms with E-state index in [0.717, 1.165) is 23.0 Å². The second kappa shape index (κ2) is 7.84. The highest BCUT2D eigenvalue weighted by molar-refractivity contribution is 5.93. The number of hydrogen-bond donors (Lipinski definition) is 1. The molecule has 0 aliphatic carbocycles. The van der Waals surface area contributed by atoms with Gasteiger partial charge in [0.2, 0.25) is 0 Å². The first-order valence-electron chi connectivity index (χ1n) is 9.17. The zero-order valence-electron chi connectivity index (χ0n) is 16.3. The molecule has 2 aromatic heterocycles. The number of carbonyl (C=O) groups excluding carboxylic acids is 1. The number of amides is 1. The molecule has 142 valence electrons. The van der Waals surface area contributed by atoms with Crippen LogP contribution in [0.4, 0.5) is 0 Å². The molecule has 27 heavy (non-hydrogen) atoms. The molecule has 0 aliphatic rings. The predicted octanol–water partition coefficient (Wildman–Crippen LogP) is 2.57. The first-order valence-corrected chi connectivity index (χ1v) is 9.17. The minimum atomic E-state index is -0.145. The zero-order valence-corrected chi connectivity index (χ0v) is 16.3. The van der Waals surface area contributed by atoms with E-state index in [9.17, 15) is 4.79 Å². The van der Waals surface area contributed by atoms with Gasteiger partial charge in [-0.15, -0.1) is 5.10 Å². The van der Waals surface area contributed by atoms with Crippen LogP contribution >= 0.6 is 0 Å². The summed E-state index contributed by atoms with van der Waals surface area (Å²) < 4.78 is 1.70. The van der Waals surface area contributed by atoms with Crippen molar-refractivity contribution in [3.63, 3.8) is 0 Å². The molecule has 0 saturated carbocycles. The molecule has 1 atom stereocenters. The Balaban J connectivity index is 1.85. The van der Waals surface area contributed by atoms with Gasteiger partial charge in [-0.1, -0.05) is 25.1 Å². The van der Waals surface area contributed by atoms with E-state index in [1.807, 2.05) is 37.3 Å². The van der Waals surface area contributed by atoms with Crippen LogP contribution in [0.25, 0.3) is 16.6 Å². The van der Waals surface area contributed by atoms with Crippen molar-refractivity contribution in [2.24, 2.45) is 11.7 Å². The molecule has 7 heteroatoms. The summed E-state index contributed by atoms with van der Waals surface area (Å²) in [5.41, 5.74) is 8.88. The third-order valence-electron chi connectivity index (χ3n) is 4.95. The maximum atomic E-state index is 12.8. The molecule has 3 aromatic rings. The Kier molecular flexibility index (Phi) is 5.51. The van der Waals surface area contributed by atoms with Gasteiger partial charge in [0.05, 0.1) is 16.9 Å². The van der Waals surface area contributed by atoms with Gasteiger partial charge in [0, 0.05) is 31.2 Å². The van der Waals surface area contributed by atoms with Crippen LogP contribution in [-0.2, 0) is 0 Å². The van der Waals surface area contributed by atoms with E-state index >= 15 is 0 Å². The topological polar surface area (TPSA) is 89.9 Å². The summed E-state index contributed by atoms with van der Waals surface area (Å²) in [5.74, 6) is 0.240. The Morgan fingerprint density at radius 3 is 2.78 bits per heavy atom. The molecule has 0 fully saturated rings. The summed E-state index contributed by atoms with van der Waals surface area (Å²) in [7, 11) is 1.77. The third-order valence-corrected chi connectivity index (χ3v) is 4.95. The van der Waals surface area contributed by atoms with Crippen molar-refractivity contribution < 1.29 is 4.79 Å². The fraction of sp³-hybridized carbons (Fsp3) is 0.400. The average Bonchev–Trinajstić information content (AvgIpc) is 3.05. The van der Waals surface area contributed by atoms with E-state index in [2.05, 4.69) is 29.1 Å². The highest BCUT2D eigenvalue weighted by Gasteiger charge is 2.22. The lowest BCUT2D eigenvalue weighted by Crippen LogP contribution is -2.35. The van der Waals surface area contributed by atoms with Crippen LogP contribution in [0.2, 0.25) is 0 Å². The van der Waals surface area contributed by atoms with E-state index in [0.29, 0.717) is 23.9 Å². The lowest BCUT2D eigenvalue weighted by atomic mass is 10.0. The lowest BCUT2D eigenvalue weighted by molar-refractivity contribution is 0.0782. The molecule has 0 spiro atoms. The van der Waals surface area contributed by atoms with Crippen molar-refractivity contribution in [1.29, 1.82) is 0 Å². The summed E-state index contributed by atoms with van der Waals surface area (Å²) in [6.07, 6.45) is 2.51. The SMILES string of the molecule is Cc1c(C(=O)N(C)CCC(N)C(C)C)nnn1-c1cccc2ncccc12. The number of nitrogens with two attached hydrogens (primary N) is 1. The van der Waals surface area contributed by atoms with E-state index in [1.165, 1.54) is 0 Å². The molecule has 7 nitrogen and oxygen atoms in total.